The lowest BCUT2D eigenvalue weighted by Gasteiger charge is -2.03. The van der Waals surface area contributed by atoms with Crippen molar-refractivity contribution in [3.05, 3.63) is 0 Å². The zero-order valence-electron chi connectivity index (χ0n) is 17.0. The van der Waals surface area contributed by atoms with Crippen molar-refractivity contribution in [2.45, 2.75) is 122 Å². The van der Waals surface area contributed by atoms with Crippen molar-refractivity contribution >= 4 is 11.8 Å². The van der Waals surface area contributed by atoms with E-state index in [2.05, 4.69) is 11.7 Å². The first-order chi connectivity index (χ1) is 12.2. The summed E-state index contributed by atoms with van der Waals surface area (Å²) in [4.78, 5) is 22.7. The third-order valence-corrected chi connectivity index (χ3v) is 4.87. The molecule has 0 amide bonds. The van der Waals surface area contributed by atoms with E-state index in [1.54, 1.807) is 0 Å². The first kappa shape index (κ1) is 24.1. The van der Waals surface area contributed by atoms with Crippen LogP contribution in [-0.2, 0) is 14.3 Å². The van der Waals surface area contributed by atoms with E-state index >= 15 is 0 Å². The molecule has 0 aliphatic heterocycles. The van der Waals surface area contributed by atoms with E-state index < -0.39 is 0 Å². The Bertz CT molecular complexity index is 312. The Morgan fingerprint density at radius 1 is 0.560 bits per heavy atom. The highest BCUT2D eigenvalue weighted by atomic mass is 16.5. The molecule has 0 N–H and O–H groups in total. The normalized spacial score (nSPS) is 10.8. The SMILES string of the molecule is CCCCCCCCCCCCCCCC(=O)CCCCC(=O)OC. The fraction of sp³-hybridized carbons (Fsp3) is 0.909. The van der Waals surface area contributed by atoms with Gasteiger partial charge >= 0.3 is 5.97 Å². The van der Waals surface area contributed by atoms with Crippen molar-refractivity contribution < 1.29 is 14.3 Å². The minimum absolute atomic E-state index is 0.177. The minimum atomic E-state index is -0.177. The van der Waals surface area contributed by atoms with Crippen molar-refractivity contribution in [3.63, 3.8) is 0 Å². The van der Waals surface area contributed by atoms with E-state index in [1.807, 2.05) is 0 Å². The van der Waals surface area contributed by atoms with E-state index in [1.165, 1.54) is 84.2 Å². The fourth-order valence-electron chi connectivity index (χ4n) is 3.16. The summed E-state index contributed by atoms with van der Waals surface area (Å²) in [6, 6.07) is 0. The van der Waals surface area contributed by atoms with Gasteiger partial charge in [0.2, 0.25) is 0 Å². The third-order valence-electron chi connectivity index (χ3n) is 4.87. The lowest BCUT2D eigenvalue weighted by Crippen LogP contribution is -2.01. The molecule has 0 saturated heterocycles. The predicted octanol–water partition coefficient (Wildman–Crippen LogP) is 6.77. The van der Waals surface area contributed by atoms with Crippen LogP contribution >= 0.6 is 0 Å². The van der Waals surface area contributed by atoms with E-state index in [0.29, 0.717) is 18.6 Å². The first-order valence-corrected chi connectivity index (χ1v) is 10.8. The Labute approximate surface area is 156 Å². The van der Waals surface area contributed by atoms with Gasteiger partial charge in [-0.25, -0.2) is 0 Å². The second-order valence-corrected chi connectivity index (χ2v) is 7.31. The van der Waals surface area contributed by atoms with Crippen LogP contribution in [0.1, 0.15) is 122 Å². The molecule has 0 aliphatic rings. The molecular weight excluding hydrogens is 312 g/mol. The monoisotopic (exact) mass is 354 g/mol. The van der Waals surface area contributed by atoms with Crippen LogP contribution in [0.4, 0.5) is 0 Å². The molecule has 0 spiro atoms. The molecule has 0 fully saturated rings. The molecule has 0 heterocycles. The second-order valence-electron chi connectivity index (χ2n) is 7.31. The van der Waals surface area contributed by atoms with Crippen LogP contribution in [0.5, 0.6) is 0 Å². The van der Waals surface area contributed by atoms with E-state index in [-0.39, 0.29) is 5.97 Å². The smallest absolute Gasteiger partial charge is 0.305 e. The molecule has 0 aliphatic carbocycles. The van der Waals surface area contributed by atoms with Crippen LogP contribution in [0.3, 0.4) is 0 Å². The molecule has 0 aromatic carbocycles. The van der Waals surface area contributed by atoms with Gasteiger partial charge in [-0.15, -0.1) is 0 Å². The lowest BCUT2D eigenvalue weighted by atomic mass is 10.0. The second kappa shape index (κ2) is 19.5. The Kier molecular flexibility index (Phi) is 18.8. The summed E-state index contributed by atoms with van der Waals surface area (Å²) in [5.74, 6) is 0.178. The number of hydrogen-bond acceptors (Lipinski definition) is 3. The number of carbonyl (C=O) groups excluding carboxylic acids is 2. The van der Waals surface area contributed by atoms with Gasteiger partial charge in [-0.3, -0.25) is 9.59 Å². The number of unbranched alkanes of at least 4 members (excludes halogenated alkanes) is 13. The molecular formula is C22H42O3. The molecule has 0 aromatic heterocycles. The van der Waals surface area contributed by atoms with Crippen LogP contribution in [0.25, 0.3) is 0 Å². The summed E-state index contributed by atoms with van der Waals surface area (Å²) < 4.78 is 4.59. The molecule has 0 unspecified atom stereocenters. The quantitative estimate of drug-likeness (QED) is 0.190. The van der Waals surface area contributed by atoms with Crippen LogP contribution in [0.2, 0.25) is 0 Å². The maximum atomic E-state index is 11.7. The highest BCUT2D eigenvalue weighted by Gasteiger charge is 2.04. The highest BCUT2D eigenvalue weighted by Crippen LogP contribution is 2.13. The van der Waals surface area contributed by atoms with Crippen LogP contribution in [-0.4, -0.2) is 18.9 Å². The molecule has 3 heteroatoms. The van der Waals surface area contributed by atoms with Gasteiger partial charge in [0.05, 0.1) is 7.11 Å². The summed E-state index contributed by atoms with van der Waals surface area (Å²) >= 11 is 0. The molecule has 0 saturated carbocycles. The minimum Gasteiger partial charge on any atom is -0.469 e. The van der Waals surface area contributed by atoms with Gasteiger partial charge < -0.3 is 4.74 Å². The van der Waals surface area contributed by atoms with Gasteiger partial charge in [0.15, 0.2) is 0 Å². The molecule has 0 bridgehead atoms. The number of ketones is 1. The van der Waals surface area contributed by atoms with Crippen molar-refractivity contribution in [3.8, 4) is 0 Å². The van der Waals surface area contributed by atoms with E-state index in [9.17, 15) is 9.59 Å². The van der Waals surface area contributed by atoms with E-state index in [4.69, 9.17) is 0 Å². The van der Waals surface area contributed by atoms with Crippen molar-refractivity contribution in [2.24, 2.45) is 0 Å². The van der Waals surface area contributed by atoms with Gasteiger partial charge in [-0.2, -0.15) is 0 Å². The van der Waals surface area contributed by atoms with E-state index in [0.717, 1.165) is 25.7 Å². The zero-order chi connectivity index (χ0) is 18.6. The largest absolute Gasteiger partial charge is 0.469 e. The molecule has 0 rings (SSSR count). The molecule has 0 aromatic rings. The number of Topliss-reactive ketones (excluding diaryl/α,β-unsaturated/α-hetero) is 1. The van der Waals surface area contributed by atoms with Crippen LogP contribution < -0.4 is 0 Å². The molecule has 25 heavy (non-hydrogen) atoms. The number of esters is 1. The number of carbonyl (C=O) groups is 2. The van der Waals surface area contributed by atoms with Gasteiger partial charge in [-0.05, 0) is 19.3 Å². The maximum Gasteiger partial charge on any atom is 0.305 e. The van der Waals surface area contributed by atoms with Gasteiger partial charge in [0.25, 0.3) is 0 Å². The fourth-order valence-corrected chi connectivity index (χ4v) is 3.16. The summed E-state index contributed by atoms with van der Waals surface area (Å²) in [7, 11) is 1.40. The Morgan fingerprint density at radius 3 is 1.36 bits per heavy atom. The standard InChI is InChI=1S/C22H42O3/c1-3-4-5-6-7-8-9-10-11-12-13-14-15-18-21(23)19-16-17-20-22(24)25-2/h3-20H2,1-2H3. The average Bonchev–Trinajstić information content (AvgIpc) is 2.62. The van der Waals surface area contributed by atoms with Gasteiger partial charge in [-0.1, -0.05) is 84.0 Å². The van der Waals surface area contributed by atoms with Crippen molar-refractivity contribution in [1.82, 2.24) is 0 Å². The molecule has 3 nitrogen and oxygen atoms in total. The molecule has 0 radical (unpaired) electrons. The number of methoxy groups -OCH3 is 1. The number of ether oxygens (including phenoxy) is 1. The highest BCUT2D eigenvalue weighted by molar-refractivity contribution is 5.78. The van der Waals surface area contributed by atoms with Crippen molar-refractivity contribution in [2.75, 3.05) is 7.11 Å². The molecule has 148 valence electrons. The summed E-state index contributed by atoms with van der Waals surface area (Å²) in [6.45, 7) is 2.27. The molecule has 0 atom stereocenters. The Morgan fingerprint density at radius 2 is 0.920 bits per heavy atom. The average molecular weight is 355 g/mol. The maximum absolute atomic E-state index is 11.7. The Hall–Kier alpha value is -0.860. The number of rotatable bonds is 19. The summed E-state index contributed by atoms with van der Waals surface area (Å²) in [6.07, 6.45) is 20.7. The summed E-state index contributed by atoms with van der Waals surface area (Å²) in [5.41, 5.74) is 0. The van der Waals surface area contributed by atoms with Gasteiger partial charge in [0, 0.05) is 19.3 Å². The van der Waals surface area contributed by atoms with Crippen LogP contribution in [0.15, 0.2) is 0 Å². The third kappa shape index (κ3) is 19.3. The number of hydrogen-bond donors (Lipinski definition) is 0. The topological polar surface area (TPSA) is 43.4 Å². The van der Waals surface area contributed by atoms with Crippen molar-refractivity contribution in [1.29, 1.82) is 0 Å². The Balaban J connectivity index is 3.17. The zero-order valence-corrected chi connectivity index (χ0v) is 17.0. The lowest BCUT2D eigenvalue weighted by molar-refractivity contribution is -0.140. The first-order valence-electron chi connectivity index (χ1n) is 10.8. The predicted molar refractivity (Wildman–Crippen MR) is 106 cm³/mol. The summed E-state index contributed by atoms with van der Waals surface area (Å²) in [5, 5.41) is 0. The van der Waals surface area contributed by atoms with Gasteiger partial charge in [0.1, 0.15) is 5.78 Å². The van der Waals surface area contributed by atoms with Crippen LogP contribution in [0, 0.1) is 0 Å².